The fourth-order valence-electron chi connectivity index (χ4n) is 4.10. The molecule has 2 atom stereocenters. The molecule has 0 aromatic heterocycles. The van der Waals surface area contributed by atoms with Crippen LogP contribution in [0.3, 0.4) is 0 Å². The second kappa shape index (κ2) is 13.0. The zero-order valence-corrected chi connectivity index (χ0v) is 24.8. The maximum Gasteiger partial charge on any atom is 0.408 e. The number of nitrogens with one attached hydrogen (secondary N) is 2. The fourth-order valence-corrected chi connectivity index (χ4v) is 4.37. The SMILES string of the molecule is Cc1cccc(Cl)c1NC(=O)C(c1ccccc1O)N(C(=O)C(CCC(N)=O)NC(=O)OC(C)(C)C)C(C)(C)C. The van der Waals surface area contributed by atoms with Crippen LogP contribution < -0.4 is 16.4 Å². The molecule has 2 aromatic rings. The number of alkyl carbamates (subject to hydrolysis) is 1. The second-order valence-corrected chi connectivity index (χ2v) is 11.9. The van der Waals surface area contributed by atoms with Crippen LogP contribution in [-0.2, 0) is 19.1 Å². The molecule has 2 aromatic carbocycles. The Morgan fingerprint density at radius 3 is 2.17 bits per heavy atom. The molecule has 0 fully saturated rings. The first-order chi connectivity index (χ1) is 18.4. The third kappa shape index (κ3) is 8.87. The van der Waals surface area contributed by atoms with Gasteiger partial charge in [0.15, 0.2) is 0 Å². The van der Waals surface area contributed by atoms with Crippen LogP contribution in [0.5, 0.6) is 5.75 Å². The average Bonchev–Trinajstić information content (AvgIpc) is 2.80. The maximum atomic E-state index is 14.2. The highest BCUT2D eigenvalue weighted by Crippen LogP contribution is 2.36. The van der Waals surface area contributed by atoms with E-state index in [1.165, 1.54) is 17.0 Å². The third-order valence-electron chi connectivity index (χ3n) is 5.84. The molecule has 218 valence electrons. The van der Waals surface area contributed by atoms with Crippen LogP contribution in [0.2, 0.25) is 5.02 Å². The number of nitrogens with two attached hydrogens (primary N) is 1. The Morgan fingerprint density at radius 1 is 1.02 bits per heavy atom. The predicted molar refractivity (Wildman–Crippen MR) is 154 cm³/mol. The summed E-state index contributed by atoms with van der Waals surface area (Å²) in [5.41, 5.74) is 4.68. The lowest BCUT2D eigenvalue weighted by molar-refractivity contribution is -0.147. The molecule has 0 aliphatic carbocycles. The first kappa shape index (κ1) is 32.4. The number of para-hydroxylation sites is 2. The zero-order chi connectivity index (χ0) is 30.4. The number of benzene rings is 2. The summed E-state index contributed by atoms with van der Waals surface area (Å²) in [6, 6.07) is 8.66. The van der Waals surface area contributed by atoms with Gasteiger partial charge < -0.3 is 31.1 Å². The molecule has 0 saturated carbocycles. The molecule has 10 nitrogen and oxygen atoms in total. The van der Waals surface area contributed by atoms with Crippen molar-refractivity contribution in [3.63, 3.8) is 0 Å². The summed E-state index contributed by atoms with van der Waals surface area (Å²) in [5, 5.41) is 16.4. The van der Waals surface area contributed by atoms with Crippen LogP contribution in [0.1, 0.15) is 71.6 Å². The van der Waals surface area contributed by atoms with Crippen molar-refractivity contribution in [1.29, 1.82) is 0 Å². The van der Waals surface area contributed by atoms with Crippen molar-refractivity contribution in [3.05, 3.63) is 58.6 Å². The van der Waals surface area contributed by atoms with E-state index in [2.05, 4.69) is 10.6 Å². The monoisotopic (exact) mass is 574 g/mol. The lowest BCUT2D eigenvalue weighted by atomic mass is 9.94. The standard InChI is InChI=1S/C29H39ClN4O6/c1-17-11-10-13-19(30)23(17)33-25(37)24(18-12-8-9-14-21(18)35)34(28(2,3)4)26(38)20(15-16-22(31)36)32-27(39)40-29(5,6)7/h8-14,20,24,35H,15-16H2,1-7H3,(H2,31,36)(H,32,39)(H,33,37). The molecule has 0 spiro atoms. The van der Waals surface area contributed by atoms with Gasteiger partial charge in [-0.25, -0.2) is 4.79 Å². The van der Waals surface area contributed by atoms with E-state index in [0.717, 1.165) is 0 Å². The number of rotatable bonds is 9. The van der Waals surface area contributed by atoms with Gasteiger partial charge in [0, 0.05) is 17.5 Å². The van der Waals surface area contributed by atoms with Gasteiger partial charge in [0.25, 0.3) is 5.91 Å². The minimum Gasteiger partial charge on any atom is -0.508 e. The second-order valence-electron chi connectivity index (χ2n) is 11.5. The van der Waals surface area contributed by atoms with Crippen LogP contribution in [0.25, 0.3) is 0 Å². The molecule has 0 aliphatic heterocycles. The van der Waals surface area contributed by atoms with Crippen molar-refractivity contribution in [1.82, 2.24) is 10.2 Å². The maximum absolute atomic E-state index is 14.2. The predicted octanol–water partition coefficient (Wildman–Crippen LogP) is 4.82. The van der Waals surface area contributed by atoms with Gasteiger partial charge in [0.1, 0.15) is 23.4 Å². The molecule has 2 unspecified atom stereocenters. The first-order valence-electron chi connectivity index (χ1n) is 12.9. The van der Waals surface area contributed by atoms with E-state index in [1.807, 2.05) is 0 Å². The molecule has 0 heterocycles. The van der Waals surface area contributed by atoms with Crippen molar-refractivity contribution < 1.29 is 29.0 Å². The molecule has 5 N–H and O–H groups in total. The van der Waals surface area contributed by atoms with E-state index >= 15 is 0 Å². The van der Waals surface area contributed by atoms with Gasteiger partial charge in [-0.15, -0.1) is 0 Å². The number of aryl methyl sites for hydroxylation is 1. The smallest absolute Gasteiger partial charge is 0.408 e. The number of phenols is 1. The molecule has 0 saturated heterocycles. The number of primary amides is 1. The fraction of sp³-hybridized carbons (Fsp3) is 0.448. The summed E-state index contributed by atoms with van der Waals surface area (Å²) in [4.78, 5) is 53.8. The van der Waals surface area contributed by atoms with Crippen LogP contribution in [0, 0.1) is 6.92 Å². The Balaban J connectivity index is 2.65. The minimum absolute atomic E-state index is 0.140. The van der Waals surface area contributed by atoms with Gasteiger partial charge in [-0.05, 0) is 72.6 Å². The van der Waals surface area contributed by atoms with Gasteiger partial charge in [-0.3, -0.25) is 14.4 Å². The molecule has 4 amide bonds. The summed E-state index contributed by atoms with van der Waals surface area (Å²) in [5.74, 6) is -2.21. The van der Waals surface area contributed by atoms with Crippen molar-refractivity contribution in [2.24, 2.45) is 5.73 Å². The highest BCUT2D eigenvalue weighted by molar-refractivity contribution is 6.34. The highest BCUT2D eigenvalue weighted by Gasteiger charge is 2.43. The Morgan fingerprint density at radius 2 is 1.65 bits per heavy atom. The van der Waals surface area contributed by atoms with E-state index in [4.69, 9.17) is 22.1 Å². The van der Waals surface area contributed by atoms with Gasteiger partial charge in [0.2, 0.25) is 11.8 Å². The summed E-state index contributed by atoms with van der Waals surface area (Å²) >= 11 is 6.37. The minimum atomic E-state index is -1.36. The topological polar surface area (TPSA) is 151 Å². The molecule has 0 aliphatic rings. The third-order valence-corrected chi connectivity index (χ3v) is 6.15. The molecule has 0 bridgehead atoms. The number of aromatic hydroxyl groups is 1. The number of halogens is 1. The summed E-state index contributed by atoms with van der Waals surface area (Å²) in [6.45, 7) is 11.9. The largest absolute Gasteiger partial charge is 0.508 e. The molecule has 0 radical (unpaired) electrons. The molecular weight excluding hydrogens is 536 g/mol. The van der Waals surface area contributed by atoms with Crippen LogP contribution in [-0.4, -0.2) is 51.0 Å². The van der Waals surface area contributed by atoms with E-state index in [9.17, 15) is 24.3 Å². The van der Waals surface area contributed by atoms with Crippen LogP contribution in [0.15, 0.2) is 42.5 Å². The van der Waals surface area contributed by atoms with E-state index in [1.54, 1.807) is 78.8 Å². The number of amides is 4. The summed E-state index contributed by atoms with van der Waals surface area (Å²) in [7, 11) is 0. The van der Waals surface area contributed by atoms with Crippen molar-refractivity contribution in [2.45, 2.75) is 84.5 Å². The Kier molecular flexibility index (Phi) is 10.6. The molecule has 2 rings (SSSR count). The number of carbonyl (C=O) groups excluding carboxylic acids is 4. The summed E-state index contributed by atoms with van der Waals surface area (Å²) in [6.07, 6.45) is -1.23. The van der Waals surface area contributed by atoms with E-state index in [-0.39, 0.29) is 24.2 Å². The Bertz CT molecular complexity index is 1230. The van der Waals surface area contributed by atoms with Gasteiger partial charge >= 0.3 is 6.09 Å². The van der Waals surface area contributed by atoms with Crippen molar-refractivity contribution >= 4 is 41.1 Å². The zero-order valence-electron chi connectivity index (χ0n) is 24.0. The molecule has 11 heteroatoms. The number of hydrogen-bond acceptors (Lipinski definition) is 6. The lowest BCUT2D eigenvalue weighted by Gasteiger charge is -2.43. The Hall–Kier alpha value is -3.79. The van der Waals surface area contributed by atoms with Gasteiger partial charge in [-0.1, -0.05) is 41.9 Å². The number of hydrogen-bond donors (Lipinski definition) is 4. The Labute approximate surface area is 240 Å². The normalized spacial score (nSPS) is 13.1. The van der Waals surface area contributed by atoms with Gasteiger partial charge in [-0.2, -0.15) is 0 Å². The number of phenolic OH excluding ortho intramolecular Hbond substituents is 1. The van der Waals surface area contributed by atoms with Crippen molar-refractivity contribution in [3.8, 4) is 5.75 Å². The number of ether oxygens (including phenoxy) is 1. The van der Waals surface area contributed by atoms with E-state index in [0.29, 0.717) is 16.3 Å². The van der Waals surface area contributed by atoms with E-state index < -0.39 is 47.0 Å². The molecule has 40 heavy (non-hydrogen) atoms. The summed E-state index contributed by atoms with van der Waals surface area (Å²) < 4.78 is 5.34. The number of anilines is 1. The lowest BCUT2D eigenvalue weighted by Crippen LogP contribution is -2.58. The number of carbonyl (C=O) groups is 4. The number of nitrogens with zero attached hydrogens (tertiary/aromatic N) is 1. The molecular formula is C29H39ClN4O6. The first-order valence-corrected chi connectivity index (χ1v) is 13.2. The van der Waals surface area contributed by atoms with Crippen LogP contribution in [0.4, 0.5) is 10.5 Å². The van der Waals surface area contributed by atoms with Gasteiger partial charge in [0.05, 0.1) is 10.7 Å². The quantitative estimate of drug-likeness (QED) is 0.337. The van der Waals surface area contributed by atoms with Crippen LogP contribution >= 0.6 is 11.6 Å². The highest BCUT2D eigenvalue weighted by atomic mass is 35.5. The van der Waals surface area contributed by atoms with Crippen molar-refractivity contribution in [2.75, 3.05) is 5.32 Å². The average molecular weight is 575 g/mol.